The maximum Gasteiger partial charge on any atom is 0.418 e. The van der Waals surface area contributed by atoms with Crippen LogP contribution in [0.25, 0.3) is 5.69 Å². The second-order valence-electron chi connectivity index (χ2n) is 8.85. The van der Waals surface area contributed by atoms with Crippen molar-refractivity contribution in [2.45, 2.75) is 46.0 Å². The molecule has 0 amide bonds. The van der Waals surface area contributed by atoms with Gasteiger partial charge < -0.3 is 14.8 Å². The monoisotopic (exact) mass is 472 g/mol. The third-order valence-electron chi connectivity index (χ3n) is 6.00. The summed E-state index contributed by atoms with van der Waals surface area (Å²) in [6.07, 6.45) is -2.71. The van der Waals surface area contributed by atoms with E-state index < -0.39 is 11.7 Å². The third kappa shape index (κ3) is 4.36. The Balaban J connectivity index is 1.88. The molecule has 1 aromatic carbocycles. The normalized spacial score (nSPS) is 18.8. The van der Waals surface area contributed by atoms with E-state index in [0.29, 0.717) is 11.0 Å². The lowest BCUT2D eigenvalue weighted by molar-refractivity contribution is -0.137. The van der Waals surface area contributed by atoms with Crippen LogP contribution >= 0.6 is 12.2 Å². The van der Waals surface area contributed by atoms with Gasteiger partial charge in [0.2, 0.25) is 0 Å². The van der Waals surface area contributed by atoms with Crippen LogP contribution in [0.5, 0.6) is 0 Å². The molecule has 4 rings (SSSR count). The van der Waals surface area contributed by atoms with E-state index in [1.807, 2.05) is 38.1 Å². The summed E-state index contributed by atoms with van der Waals surface area (Å²) in [4.78, 5) is 6.68. The molecule has 3 heterocycles. The van der Waals surface area contributed by atoms with E-state index in [0.717, 1.165) is 35.3 Å². The molecule has 1 aliphatic heterocycles. The maximum atomic E-state index is 13.8. The highest BCUT2D eigenvalue weighted by Crippen LogP contribution is 2.43. The van der Waals surface area contributed by atoms with Crippen molar-refractivity contribution in [2.24, 2.45) is 5.92 Å². The van der Waals surface area contributed by atoms with Crippen LogP contribution in [-0.2, 0) is 6.18 Å². The van der Waals surface area contributed by atoms with Gasteiger partial charge in [0.1, 0.15) is 0 Å². The Morgan fingerprint density at radius 1 is 1.09 bits per heavy atom. The third-order valence-corrected chi connectivity index (χ3v) is 6.35. The number of nitrogens with zero attached hydrogens (tertiary/aromatic N) is 3. The van der Waals surface area contributed by atoms with Crippen molar-refractivity contribution < 1.29 is 13.2 Å². The van der Waals surface area contributed by atoms with Gasteiger partial charge in [0.15, 0.2) is 5.11 Å². The molecule has 0 radical (unpaired) electrons. The van der Waals surface area contributed by atoms with E-state index in [-0.39, 0.29) is 17.8 Å². The predicted molar refractivity (Wildman–Crippen MR) is 127 cm³/mol. The lowest BCUT2D eigenvalue weighted by atomic mass is 9.96. The molecular formula is C25H27F3N4S. The minimum Gasteiger partial charge on any atom is -0.352 e. The smallest absolute Gasteiger partial charge is 0.352 e. The van der Waals surface area contributed by atoms with Crippen LogP contribution in [0.2, 0.25) is 0 Å². The van der Waals surface area contributed by atoms with Gasteiger partial charge in [-0.15, -0.1) is 0 Å². The van der Waals surface area contributed by atoms with Crippen LogP contribution < -0.4 is 5.32 Å². The summed E-state index contributed by atoms with van der Waals surface area (Å²) in [7, 11) is 0. The van der Waals surface area contributed by atoms with Crippen LogP contribution in [0, 0.1) is 19.8 Å². The zero-order chi connectivity index (χ0) is 23.9. The average Bonchev–Trinajstić information content (AvgIpc) is 3.23. The summed E-state index contributed by atoms with van der Waals surface area (Å²) in [5.41, 5.74) is 2.75. The number of pyridine rings is 1. The second kappa shape index (κ2) is 8.82. The van der Waals surface area contributed by atoms with E-state index >= 15 is 0 Å². The fourth-order valence-corrected chi connectivity index (χ4v) is 5.02. The Hall–Kier alpha value is -2.87. The quantitative estimate of drug-likeness (QED) is 0.453. The van der Waals surface area contributed by atoms with Gasteiger partial charge in [-0.05, 0) is 67.9 Å². The van der Waals surface area contributed by atoms with Crippen molar-refractivity contribution in [1.29, 1.82) is 0 Å². The molecule has 1 saturated heterocycles. The highest BCUT2D eigenvalue weighted by molar-refractivity contribution is 7.80. The Morgan fingerprint density at radius 3 is 2.42 bits per heavy atom. The first-order chi connectivity index (χ1) is 15.6. The minimum atomic E-state index is -4.45. The van der Waals surface area contributed by atoms with E-state index in [1.165, 1.54) is 12.1 Å². The number of aryl methyl sites for hydroxylation is 1. The van der Waals surface area contributed by atoms with E-state index in [1.54, 1.807) is 16.8 Å². The molecule has 0 aliphatic carbocycles. The lowest BCUT2D eigenvalue weighted by Gasteiger charge is -2.29. The van der Waals surface area contributed by atoms with E-state index in [9.17, 15) is 13.2 Å². The largest absolute Gasteiger partial charge is 0.418 e. The van der Waals surface area contributed by atoms with E-state index in [2.05, 4.69) is 29.0 Å². The summed E-state index contributed by atoms with van der Waals surface area (Å²) < 4.78 is 43.1. The van der Waals surface area contributed by atoms with Crippen molar-refractivity contribution in [3.63, 3.8) is 0 Å². The minimum absolute atomic E-state index is 0.129. The fourth-order valence-electron chi connectivity index (χ4n) is 4.70. The van der Waals surface area contributed by atoms with Gasteiger partial charge in [0.25, 0.3) is 0 Å². The van der Waals surface area contributed by atoms with Gasteiger partial charge >= 0.3 is 6.18 Å². The molecule has 1 aliphatic rings. The molecule has 0 spiro atoms. The van der Waals surface area contributed by atoms with Crippen molar-refractivity contribution in [3.05, 3.63) is 82.9 Å². The Bertz CT molecular complexity index is 1150. The molecule has 0 saturated carbocycles. The number of hydrogen-bond donors (Lipinski definition) is 1. The predicted octanol–water partition coefficient (Wildman–Crippen LogP) is 6.14. The van der Waals surface area contributed by atoms with Crippen molar-refractivity contribution >= 4 is 17.3 Å². The van der Waals surface area contributed by atoms with E-state index in [4.69, 9.17) is 12.2 Å². The molecule has 0 bridgehead atoms. The van der Waals surface area contributed by atoms with Crippen molar-refractivity contribution in [1.82, 2.24) is 19.8 Å². The van der Waals surface area contributed by atoms with Gasteiger partial charge in [-0.25, -0.2) is 0 Å². The number of nitrogens with one attached hydrogen (secondary N) is 1. The topological polar surface area (TPSA) is 33.1 Å². The molecule has 1 fully saturated rings. The molecule has 1 N–H and O–H groups in total. The van der Waals surface area contributed by atoms with Crippen LogP contribution in [0.1, 0.15) is 54.1 Å². The molecule has 3 aromatic rings. The second-order valence-corrected chi connectivity index (χ2v) is 9.24. The first kappa shape index (κ1) is 23.3. The zero-order valence-electron chi connectivity index (χ0n) is 19.0. The summed E-state index contributed by atoms with van der Waals surface area (Å²) in [6.45, 7) is 8.68. The van der Waals surface area contributed by atoms with Crippen LogP contribution in [0.15, 0.2) is 54.7 Å². The summed E-state index contributed by atoms with van der Waals surface area (Å²) >= 11 is 5.69. The van der Waals surface area contributed by atoms with Crippen LogP contribution in [-0.4, -0.2) is 26.1 Å². The average molecular weight is 473 g/mol. The lowest BCUT2D eigenvalue weighted by Crippen LogP contribution is -2.33. The number of thiocarbonyl (C=S) groups is 1. The number of halogens is 3. The van der Waals surface area contributed by atoms with Gasteiger partial charge in [0, 0.05) is 24.1 Å². The molecule has 2 atom stereocenters. The van der Waals surface area contributed by atoms with Crippen molar-refractivity contribution in [2.75, 3.05) is 6.54 Å². The molecule has 2 aromatic heterocycles. The van der Waals surface area contributed by atoms with Crippen LogP contribution in [0.4, 0.5) is 13.2 Å². The fraction of sp³-hybridized carbons (Fsp3) is 0.360. The summed E-state index contributed by atoms with van der Waals surface area (Å²) in [5.74, 6) is 0.351. The standard InChI is InChI=1S/C25H27F3N4S/c1-15(2)14-31-23(22(30-24(31)33)20-10-7-8-12-29-20)18-13-16(3)32(17(18)4)21-11-6-5-9-19(21)25(26,27)28/h5-13,15,22-23H,14H2,1-4H3,(H,30,33). The molecule has 4 nitrogen and oxygen atoms in total. The summed E-state index contributed by atoms with van der Waals surface area (Å²) in [5, 5.41) is 4.04. The van der Waals surface area contributed by atoms with Gasteiger partial charge in [0.05, 0.1) is 29.0 Å². The molecule has 33 heavy (non-hydrogen) atoms. The number of alkyl halides is 3. The SMILES string of the molecule is Cc1cc(C2C(c3ccccn3)NC(=S)N2CC(C)C)c(C)n1-c1ccccc1C(F)(F)F. The highest BCUT2D eigenvalue weighted by atomic mass is 32.1. The number of para-hydroxylation sites is 1. The van der Waals surface area contributed by atoms with Gasteiger partial charge in [-0.3, -0.25) is 4.98 Å². The summed E-state index contributed by atoms with van der Waals surface area (Å²) in [6, 6.07) is 13.0. The molecule has 8 heteroatoms. The Labute approximate surface area is 197 Å². The first-order valence-electron chi connectivity index (χ1n) is 10.9. The number of rotatable bonds is 5. The molecule has 2 unspecified atom stereocenters. The molecular weight excluding hydrogens is 445 g/mol. The highest BCUT2D eigenvalue weighted by Gasteiger charge is 2.42. The maximum absolute atomic E-state index is 13.8. The van der Waals surface area contributed by atoms with Gasteiger partial charge in [-0.1, -0.05) is 32.0 Å². The van der Waals surface area contributed by atoms with Gasteiger partial charge in [-0.2, -0.15) is 13.2 Å². The number of hydrogen-bond acceptors (Lipinski definition) is 2. The first-order valence-corrected chi connectivity index (χ1v) is 11.3. The zero-order valence-corrected chi connectivity index (χ0v) is 19.8. The van der Waals surface area contributed by atoms with Crippen molar-refractivity contribution in [3.8, 4) is 5.69 Å². The Morgan fingerprint density at radius 2 is 1.79 bits per heavy atom. The Kier molecular flexibility index (Phi) is 6.22. The van der Waals surface area contributed by atoms with Crippen LogP contribution in [0.3, 0.4) is 0 Å². The molecule has 174 valence electrons. The number of aromatic nitrogens is 2. The number of benzene rings is 1.